The van der Waals surface area contributed by atoms with Crippen molar-refractivity contribution in [2.75, 3.05) is 33.7 Å². The first-order valence-electron chi connectivity index (χ1n) is 7.45. The smallest absolute Gasteiger partial charge is 0.280 e. The van der Waals surface area contributed by atoms with Crippen molar-refractivity contribution >= 4 is 5.91 Å². The van der Waals surface area contributed by atoms with Crippen LogP contribution in [0.3, 0.4) is 0 Å². The van der Waals surface area contributed by atoms with Gasteiger partial charge in [-0.05, 0) is 33.1 Å². The minimum atomic E-state index is 0.0858. The topological polar surface area (TPSA) is 41.4 Å². The van der Waals surface area contributed by atoms with E-state index in [0.29, 0.717) is 11.9 Å². The lowest BCUT2D eigenvalue weighted by molar-refractivity contribution is -0.860. The Bertz CT molecular complexity index is 255. The molecule has 1 heterocycles. The molecular formula is C14H31N3O+2. The van der Waals surface area contributed by atoms with Gasteiger partial charge in [0.2, 0.25) is 0 Å². The molecule has 1 amide bonds. The van der Waals surface area contributed by atoms with Gasteiger partial charge in [-0.15, -0.1) is 0 Å². The lowest BCUT2D eigenvalue weighted by Crippen LogP contribution is -3.06. The van der Waals surface area contributed by atoms with Crippen LogP contribution >= 0.6 is 0 Å². The highest BCUT2D eigenvalue weighted by molar-refractivity contribution is 5.80. The van der Waals surface area contributed by atoms with E-state index in [4.69, 9.17) is 0 Å². The van der Waals surface area contributed by atoms with Gasteiger partial charge in [-0.3, -0.25) is 4.79 Å². The number of piperidine rings is 1. The Morgan fingerprint density at radius 1 is 1.44 bits per heavy atom. The van der Waals surface area contributed by atoms with Crippen LogP contribution in [-0.4, -0.2) is 56.6 Å². The van der Waals surface area contributed by atoms with Crippen LogP contribution in [0.25, 0.3) is 0 Å². The third kappa shape index (κ3) is 4.94. The highest BCUT2D eigenvalue weighted by atomic mass is 16.2. The number of quaternary nitrogens is 2. The second-order valence-electron chi connectivity index (χ2n) is 6.00. The van der Waals surface area contributed by atoms with Gasteiger partial charge in [0.05, 0.1) is 27.2 Å². The van der Waals surface area contributed by atoms with E-state index >= 15 is 0 Å². The lowest BCUT2D eigenvalue weighted by Gasteiger charge is -2.34. The van der Waals surface area contributed by atoms with Crippen LogP contribution in [0.2, 0.25) is 0 Å². The molecular weight excluding hydrogens is 226 g/mol. The van der Waals surface area contributed by atoms with Gasteiger partial charge in [0, 0.05) is 19.0 Å². The maximum absolute atomic E-state index is 12.3. The van der Waals surface area contributed by atoms with Crippen molar-refractivity contribution in [3.05, 3.63) is 0 Å². The average Bonchev–Trinajstić information content (AvgIpc) is 2.34. The first-order valence-corrected chi connectivity index (χ1v) is 7.45. The fourth-order valence-electron chi connectivity index (χ4n) is 2.61. The number of hydrogen-bond acceptors (Lipinski definition) is 1. The molecule has 1 aliphatic heterocycles. The number of rotatable bonds is 6. The zero-order valence-electron chi connectivity index (χ0n) is 12.5. The molecule has 0 saturated carbocycles. The molecule has 0 unspecified atom stereocenters. The summed E-state index contributed by atoms with van der Waals surface area (Å²) in [6, 6.07) is 0.524. The summed E-state index contributed by atoms with van der Waals surface area (Å²) in [7, 11) is 4.34. The summed E-state index contributed by atoms with van der Waals surface area (Å²) in [5.74, 6) is 0.333. The van der Waals surface area contributed by atoms with Gasteiger partial charge >= 0.3 is 0 Å². The number of amides is 1. The van der Waals surface area contributed by atoms with Crippen molar-refractivity contribution in [2.45, 2.75) is 51.6 Å². The Balaban J connectivity index is 2.27. The number of nitrogens with zero attached hydrogens (tertiary/aromatic N) is 1. The molecule has 3 N–H and O–H groups in total. The molecule has 18 heavy (non-hydrogen) atoms. The van der Waals surface area contributed by atoms with Gasteiger partial charge in [0.15, 0.2) is 6.04 Å². The maximum atomic E-state index is 12.3. The molecule has 1 saturated heterocycles. The van der Waals surface area contributed by atoms with Gasteiger partial charge in [-0.25, -0.2) is 0 Å². The normalized spacial score (nSPS) is 22.3. The molecule has 106 valence electrons. The summed E-state index contributed by atoms with van der Waals surface area (Å²) in [5.41, 5.74) is 0. The minimum absolute atomic E-state index is 0.0858. The largest absolute Gasteiger partial charge is 0.340 e. The molecule has 0 bridgehead atoms. The molecule has 1 fully saturated rings. The number of nitrogens with one attached hydrogen (secondary N) is 1. The Morgan fingerprint density at radius 2 is 2.17 bits per heavy atom. The van der Waals surface area contributed by atoms with Crippen molar-refractivity contribution < 1.29 is 15.0 Å². The lowest BCUT2D eigenvalue weighted by atomic mass is 10.0. The predicted molar refractivity (Wildman–Crippen MR) is 73.6 cm³/mol. The Hall–Kier alpha value is -0.610. The van der Waals surface area contributed by atoms with Crippen molar-refractivity contribution in [2.24, 2.45) is 0 Å². The molecule has 1 aliphatic rings. The van der Waals surface area contributed by atoms with Crippen LogP contribution in [0.1, 0.15) is 39.5 Å². The number of likely N-dealkylation sites (tertiary alicyclic amines) is 1. The molecule has 0 aliphatic carbocycles. The van der Waals surface area contributed by atoms with E-state index in [0.717, 1.165) is 13.1 Å². The summed E-state index contributed by atoms with van der Waals surface area (Å²) >= 11 is 0. The monoisotopic (exact) mass is 257 g/mol. The minimum Gasteiger partial charge on any atom is -0.340 e. The third-order valence-corrected chi connectivity index (χ3v) is 3.88. The summed E-state index contributed by atoms with van der Waals surface area (Å²) in [6.45, 7) is 7.42. The number of nitrogens with two attached hydrogens (primary N) is 1. The highest BCUT2D eigenvalue weighted by Gasteiger charge is 2.28. The van der Waals surface area contributed by atoms with Gasteiger partial charge in [-0.1, -0.05) is 0 Å². The van der Waals surface area contributed by atoms with E-state index in [1.807, 2.05) is 6.92 Å². The van der Waals surface area contributed by atoms with E-state index in [1.54, 1.807) is 0 Å². The molecule has 0 radical (unpaired) electrons. The van der Waals surface area contributed by atoms with E-state index in [9.17, 15) is 4.79 Å². The van der Waals surface area contributed by atoms with Gasteiger partial charge in [0.25, 0.3) is 5.91 Å². The van der Waals surface area contributed by atoms with Crippen LogP contribution in [0, 0.1) is 0 Å². The van der Waals surface area contributed by atoms with Crippen LogP contribution in [0.15, 0.2) is 0 Å². The van der Waals surface area contributed by atoms with E-state index in [1.165, 1.54) is 37.1 Å². The number of carbonyl (C=O) groups is 1. The van der Waals surface area contributed by atoms with Crippen molar-refractivity contribution in [3.8, 4) is 0 Å². The Morgan fingerprint density at radius 3 is 2.78 bits per heavy atom. The average molecular weight is 257 g/mol. The fourth-order valence-corrected chi connectivity index (χ4v) is 2.61. The molecule has 0 aromatic rings. The highest BCUT2D eigenvalue weighted by Crippen LogP contribution is 2.16. The van der Waals surface area contributed by atoms with Crippen LogP contribution in [0.5, 0.6) is 0 Å². The maximum Gasteiger partial charge on any atom is 0.280 e. The molecule has 4 nitrogen and oxygen atoms in total. The SMILES string of the molecule is C[C@H]([NH2+]CCC[NH+](C)C)C(=O)N1CCCC[C@H]1C. The first kappa shape index (κ1) is 15.4. The summed E-state index contributed by atoms with van der Waals surface area (Å²) in [6.07, 6.45) is 4.79. The first-order chi connectivity index (χ1) is 8.52. The molecule has 0 aromatic heterocycles. The van der Waals surface area contributed by atoms with Crippen molar-refractivity contribution in [1.82, 2.24) is 4.90 Å². The fraction of sp³-hybridized carbons (Fsp3) is 0.929. The standard InChI is InChI=1S/C14H29N3O/c1-12-8-5-6-11-17(12)14(18)13(2)15-9-7-10-16(3)4/h12-13,15H,5-11H2,1-4H3/p+2/t12-,13+/m1/s1. The predicted octanol–water partition coefficient (Wildman–Crippen LogP) is -1.13. The van der Waals surface area contributed by atoms with Crippen molar-refractivity contribution in [1.29, 1.82) is 0 Å². The second kappa shape index (κ2) is 7.74. The summed E-state index contributed by atoms with van der Waals surface area (Å²) < 4.78 is 0. The van der Waals surface area contributed by atoms with Crippen LogP contribution in [0.4, 0.5) is 0 Å². The van der Waals surface area contributed by atoms with Crippen LogP contribution < -0.4 is 10.2 Å². The van der Waals surface area contributed by atoms with Gasteiger partial charge in [0.1, 0.15) is 0 Å². The molecule has 4 heteroatoms. The zero-order valence-corrected chi connectivity index (χ0v) is 12.5. The second-order valence-corrected chi connectivity index (χ2v) is 6.00. The molecule has 0 spiro atoms. The quantitative estimate of drug-likeness (QED) is 0.581. The van der Waals surface area contributed by atoms with Gasteiger partial charge in [-0.2, -0.15) is 0 Å². The van der Waals surface area contributed by atoms with Gasteiger partial charge < -0.3 is 15.1 Å². The molecule has 2 atom stereocenters. The summed E-state index contributed by atoms with van der Waals surface area (Å²) in [5, 5.41) is 2.20. The van der Waals surface area contributed by atoms with E-state index in [2.05, 4.69) is 31.2 Å². The number of carbonyl (C=O) groups excluding carboxylic acids is 1. The zero-order chi connectivity index (χ0) is 13.5. The van der Waals surface area contributed by atoms with Crippen LogP contribution in [-0.2, 0) is 4.79 Å². The Labute approximate surface area is 112 Å². The third-order valence-electron chi connectivity index (χ3n) is 3.88. The Kier molecular flexibility index (Phi) is 6.65. The number of hydrogen-bond donors (Lipinski definition) is 2. The van der Waals surface area contributed by atoms with E-state index < -0.39 is 0 Å². The van der Waals surface area contributed by atoms with E-state index in [-0.39, 0.29) is 6.04 Å². The molecule has 1 rings (SSSR count). The summed E-state index contributed by atoms with van der Waals surface area (Å²) in [4.78, 5) is 15.9. The van der Waals surface area contributed by atoms with Crippen molar-refractivity contribution in [3.63, 3.8) is 0 Å². The molecule has 0 aromatic carbocycles.